The second kappa shape index (κ2) is 9.53. The van der Waals surface area contributed by atoms with Crippen molar-refractivity contribution in [2.75, 3.05) is 26.7 Å². The van der Waals surface area contributed by atoms with Gasteiger partial charge in [-0.25, -0.2) is 0 Å². The molecular formula is C17H26ClN3O2. The molecule has 0 radical (unpaired) electrons. The highest BCUT2D eigenvalue weighted by Crippen LogP contribution is 2.18. The van der Waals surface area contributed by atoms with E-state index < -0.39 is 0 Å². The molecule has 1 aliphatic rings. The monoisotopic (exact) mass is 339 g/mol. The Morgan fingerprint density at radius 1 is 1.30 bits per heavy atom. The van der Waals surface area contributed by atoms with Gasteiger partial charge in [0.15, 0.2) is 0 Å². The van der Waals surface area contributed by atoms with Gasteiger partial charge in [0.2, 0.25) is 5.91 Å². The van der Waals surface area contributed by atoms with Gasteiger partial charge in [-0.15, -0.1) is 12.4 Å². The minimum absolute atomic E-state index is 0. The molecule has 0 aromatic heterocycles. The normalized spacial score (nSPS) is 18.7. The van der Waals surface area contributed by atoms with Crippen LogP contribution in [0.4, 0.5) is 0 Å². The molecule has 0 saturated carbocycles. The van der Waals surface area contributed by atoms with E-state index in [0.717, 1.165) is 19.4 Å². The Labute approximate surface area is 144 Å². The predicted molar refractivity (Wildman–Crippen MR) is 93.8 cm³/mol. The molecule has 0 spiro atoms. The molecule has 1 fully saturated rings. The summed E-state index contributed by atoms with van der Waals surface area (Å²) in [5.41, 5.74) is 0.687. The lowest BCUT2D eigenvalue weighted by molar-refractivity contribution is -0.126. The summed E-state index contributed by atoms with van der Waals surface area (Å²) in [4.78, 5) is 26.5. The number of carbonyl (C=O) groups excluding carboxylic acids is 2. The van der Waals surface area contributed by atoms with Gasteiger partial charge in [0.1, 0.15) is 0 Å². The molecule has 2 rings (SSSR count). The molecule has 2 amide bonds. The van der Waals surface area contributed by atoms with E-state index in [1.54, 1.807) is 4.90 Å². The van der Waals surface area contributed by atoms with Crippen molar-refractivity contribution in [3.05, 3.63) is 35.9 Å². The van der Waals surface area contributed by atoms with Crippen LogP contribution in [0, 0.1) is 5.92 Å². The van der Waals surface area contributed by atoms with Crippen molar-refractivity contribution in [1.82, 2.24) is 15.5 Å². The van der Waals surface area contributed by atoms with Gasteiger partial charge in [-0.05, 0) is 38.9 Å². The van der Waals surface area contributed by atoms with Gasteiger partial charge in [0.05, 0.1) is 5.92 Å². The minimum Gasteiger partial charge on any atom is -0.354 e. The molecule has 2 atom stereocenters. The van der Waals surface area contributed by atoms with Crippen LogP contribution < -0.4 is 10.6 Å². The summed E-state index contributed by atoms with van der Waals surface area (Å²) in [6, 6.07) is 9.50. The van der Waals surface area contributed by atoms with Gasteiger partial charge in [0, 0.05) is 31.2 Å². The molecule has 128 valence electrons. The molecule has 1 heterocycles. The Morgan fingerprint density at radius 2 is 2.00 bits per heavy atom. The fraction of sp³-hybridized carbons (Fsp3) is 0.529. The summed E-state index contributed by atoms with van der Waals surface area (Å²) in [6.07, 6.45) is 1.72. The van der Waals surface area contributed by atoms with Gasteiger partial charge in [-0.3, -0.25) is 9.59 Å². The van der Waals surface area contributed by atoms with Crippen LogP contribution in [0.15, 0.2) is 30.3 Å². The smallest absolute Gasteiger partial charge is 0.253 e. The van der Waals surface area contributed by atoms with Crippen LogP contribution in [-0.2, 0) is 4.79 Å². The topological polar surface area (TPSA) is 61.4 Å². The van der Waals surface area contributed by atoms with E-state index in [1.807, 2.05) is 44.3 Å². The Balaban J connectivity index is 0.00000264. The van der Waals surface area contributed by atoms with Crippen molar-refractivity contribution in [3.63, 3.8) is 0 Å². The first kappa shape index (κ1) is 19.5. The molecule has 23 heavy (non-hydrogen) atoms. The third-order valence-electron chi connectivity index (χ3n) is 4.18. The maximum atomic E-state index is 12.5. The number of amides is 2. The number of benzene rings is 1. The predicted octanol–water partition coefficient (Wildman–Crippen LogP) is 1.68. The third-order valence-corrected chi connectivity index (χ3v) is 4.18. The number of likely N-dealkylation sites (tertiary alicyclic amines) is 1. The highest BCUT2D eigenvalue weighted by atomic mass is 35.5. The Bertz CT molecular complexity index is 510. The molecule has 0 aliphatic carbocycles. The van der Waals surface area contributed by atoms with Crippen LogP contribution in [0.1, 0.15) is 30.1 Å². The summed E-state index contributed by atoms with van der Waals surface area (Å²) in [5, 5.41) is 6.06. The van der Waals surface area contributed by atoms with Crippen molar-refractivity contribution in [2.24, 2.45) is 5.92 Å². The van der Waals surface area contributed by atoms with Crippen molar-refractivity contribution >= 4 is 24.2 Å². The number of piperidine rings is 1. The standard InChI is InChI=1S/C17H25N3O2.ClH/c1-13(18-2)11-19-16(21)15-9-6-10-20(12-15)17(22)14-7-4-3-5-8-14;/h3-5,7-8,13,15,18H,6,9-12H2,1-2H3,(H,19,21);1H. The van der Waals surface area contributed by atoms with Crippen LogP contribution in [0.3, 0.4) is 0 Å². The fourth-order valence-electron chi connectivity index (χ4n) is 2.64. The Hall–Kier alpha value is -1.59. The van der Waals surface area contributed by atoms with Crippen molar-refractivity contribution in [1.29, 1.82) is 0 Å². The molecule has 2 unspecified atom stereocenters. The van der Waals surface area contributed by atoms with E-state index in [-0.39, 0.29) is 36.2 Å². The minimum atomic E-state index is -0.106. The maximum Gasteiger partial charge on any atom is 0.253 e. The van der Waals surface area contributed by atoms with E-state index in [4.69, 9.17) is 0 Å². The lowest BCUT2D eigenvalue weighted by atomic mass is 9.96. The number of hydrogen-bond acceptors (Lipinski definition) is 3. The molecule has 6 heteroatoms. The van der Waals surface area contributed by atoms with E-state index in [0.29, 0.717) is 18.7 Å². The Kier molecular flexibility index (Phi) is 8.06. The van der Waals surface area contributed by atoms with Gasteiger partial charge < -0.3 is 15.5 Å². The summed E-state index contributed by atoms with van der Waals surface area (Å²) in [6.45, 7) is 3.86. The van der Waals surface area contributed by atoms with E-state index in [2.05, 4.69) is 10.6 Å². The number of likely N-dealkylation sites (N-methyl/N-ethyl adjacent to an activating group) is 1. The molecule has 1 aromatic rings. The van der Waals surface area contributed by atoms with Gasteiger partial charge in [-0.2, -0.15) is 0 Å². The van der Waals surface area contributed by atoms with Crippen LogP contribution >= 0.6 is 12.4 Å². The summed E-state index contributed by atoms with van der Waals surface area (Å²) in [7, 11) is 1.87. The average molecular weight is 340 g/mol. The van der Waals surface area contributed by atoms with Crippen molar-refractivity contribution < 1.29 is 9.59 Å². The fourth-order valence-corrected chi connectivity index (χ4v) is 2.64. The van der Waals surface area contributed by atoms with Crippen LogP contribution in [0.25, 0.3) is 0 Å². The summed E-state index contributed by atoms with van der Waals surface area (Å²) in [5.74, 6) is -0.0418. The maximum absolute atomic E-state index is 12.5. The van der Waals surface area contributed by atoms with Crippen molar-refractivity contribution in [2.45, 2.75) is 25.8 Å². The molecule has 0 bridgehead atoms. The number of hydrogen-bond donors (Lipinski definition) is 2. The van der Waals surface area contributed by atoms with Gasteiger partial charge >= 0.3 is 0 Å². The zero-order valence-electron chi connectivity index (χ0n) is 13.7. The van der Waals surface area contributed by atoms with Gasteiger partial charge in [-0.1, -0.05) is 18.2 Å². The first-order chi connectivity index (χ1) is 10.6. The van der Waals surface area contributed by atoms with Crippen LogP contribution in [-0.4, -0.2) is 49.4 Å². The Morgan fingerprint density at radius 3 is 2.65 bits per heavy atom. The second-order valence-electron chi connectivity index (χ2n) is 5.89. The van der Waals surface area contributed by atoms with E-state index >= 15 is 0 Å². The lowest BCUT2D eigenvalue weighted by Gasteiger charge is -2.32. The lowest BCUT2D eigenvalue weighted by Crippen LogP contribution is -2.47. The van der Waals surface area contributed by atoms with E-state index in [1.165, 1.54) is 0 Å². The number of carbonyl (C=O) groups is 2. The first-order valence-corrected chi connectivity index (χ1v) is 7.91. The number of halogens is 1. The summed E-state index contributed by atoms with van der Waals surface area (Å²) < 4.78 is 0. The third kappa shape index (κ3) is 5.52. The number of nitrogens with zero attached hydrogens (tertiary/aromatic N) is 1. The number of nitrogens with one attached hydrogen (secondary N) is 2. The van der Waals surface area contributed by atoms with Gasteiger partial charge in [0.25, 0.3) is 5.91 Å². The average Bonchev–Trinajstić information content (AvgIpc) is 2.59. The molecular weight excluding hydrogens is 314 g/mol. The SMILES string of the molecule is CNC(C)CNC(=O)C1CCCN(C(=O)c2ccccc2)C1.Cl. The summed E-state index contributed by atoms with van der Waals surface area (Å²) >= 11 is 0. The first-order valence-electron chi connectivity index (χ1n) is 7.91. The highest BCUT2D eigenvalue weighted by Gasteiger charge is 2.28. The second-order valence-corrected chi connectivity index (χ2v) is 5.89. The molecule has 1 aliphatic heterocycles. The van der Waals surface area contributed by atoms with Crippen molar-refractivity contribution in [3.8, 4) is 0 Å². The highest BCUT2D eigenvalue weighted by molar-refractivity contribution is 5.94. The molecule has 1 aromatic carbocycles. The largest absolute Gasteiger partial charge is 0.354 e. The number of rotatable bonds is 5. The van der Waals surface area contributed by atoms with Crippen LogP contribution in [0.2, 0.25) is 0 Å². The zero-order chi connectivity index (χ0) is 15.9. The van der Waals surface area contributed by atoms with E-state index in [9.17, 15) is 9.59 Å². The molecule has 5 nitrogen and oxygen atoms in total. The molecule has 1 saturated heterocycles. The zero-order valence-corrected chi connectivity index (χ0v) is 14.6. The molecule has 2 N–H and O–H groups in total. The van der Waals surface area contributed by atoms with Crippen LogP contribution in [0.5, 0.6) is 0 Å². The quantitative estimate of drug-likeness (QED) is 0.858.